The molecule has 0 bridgehead atoms. The van der Waals surface area contributed by atoms with Crippen molar-refractivity contribution in [1.82, 2.24) is 4.98 Å². The first-order valence-electron chi connectivity index (χ1n) is 8.43. The van der Waals surface area contributed by atoms with Gasteiger partial charge in [0.1, 0.15) is 40.4 Å². The molecule has 1 saturated heterocycles. The third kappa shape index (κ3) is 4.33. The predicted molar refractivity (Wildman–Crippen MR) is 100 cm³/mol. The van der Waals surface area contributed by atoms with Gasteiger partial charge in [0.2, 0.25) is 6.43 Å². The van der Waals surface area contributed by atoms with Crippen molar-refractivity contribution in [2.75, 3.05) is 24.7 Å². The first kappa shape index (κ1) is 19.9. The zero-order valence-electron chi connectivity index (χ0n) is 14.7. The number of thioether (sulfide) groups is 1. The number of halogens is 2. The van der Waals surface area contributed by atoms with Crippen LogP contribution in [0.25, 0.3) is 11.1 Å². The third-order valence-corrected chi connectivity index (χ3v) is 5.08. The molecule has 0 amide bonds. The summed E-state index contributed by atoms with van der Waals surface area (Å²) >= 11 is 0.735. The number of ether oxygens (including phenoxy) is 2. The van der Waals surface area contributed by atoms with E-state index in [-0.39, 0.29) is 33.6 Å². The highest BCUT2D eigenvalue weighted by Gasteiger charge is 2.22. The lowest BCUT2D eigenvalue weighted by Crippen LogP contribution is -2.15. The van der Waals surface area contributed by atoms with E-state index in [0.29, 0.717) is 24.5 Å². The standard InChI is InChI=1S/C19H16F2N4O2S/c20-16(21)10-28-19-15(8-23)17(14(7-22)18(24)25-19)11-1-3-12(4-2-11)27-13-5-6-26-9-13/h1-4,13,16H,5-6,9-10H2,(H2,24,25)/t13-/m1/s1. The largest absolute Gasteiger partial charge is 0.488 e. The highest BCUT2D eigenvalue weighted by Crippen LogP contribution is 2.36. The molecule has 0 radical (unpaired) electrons. The fraction of sp³-hybridized carbons (Fsp3) is 0.316. The molecule has 28 heavy (non-hydrogen) atoms. The normalized spacial score (nSPS) is 16.0. The van der Waals surface area contributed by atoms with Gasteiger partial charge in [-0.15, -0.1) is 0 Å². The van der Waals surface area contributed by atoms with Gasteiger partial charge in [0, 0.05) is 12.0 Å². The Bertz CT molecular complexity index is 933. The molecule has 6 nitrogen and oxygen atoms in total. The summed E-state index contributed by atoms with van der Waals surface area (Å²) in [5.74, 6) is 0.00480. The van der Waals surface area contributed by atoms with Crippen LogP contribution in [0.3, 0.4) is 0 Å². The lowest BCUT2D eigenvalue weighted by molar-refractivity contribution is 0.141. The van der Waals surface area contributed by atoms with Gasteiger partial charge in [-0.05, 0) is 17.7 Å². The van der Waals surface area contributed by atoms with Crippen LogP contribution in [-0.4, -0.2) is 36.5 Å². The number of benzene rings is 1. The van der Waals surface area contributed by atoms with Crippen LogP contribution in [0.5, 0.6) is 5.75 Å². The van der Waals surface area contributed by atoms with Gasteiger partial charge in [0.15, 0.2) is 0 Å². The number of nitriles is 2. The second-order valence-electron chi connectivity index (χ2n) is 5.98. The summed E-state index contributed by atoms with van der Waals surface area (Å²) in [7, 11) is 0. The van der Waals surface area contributed by atoms with Crippen molar-refractivity contribution in [1.29, 1.82) is 10.5 Å². The van der Waals surface area contributed by atoms with E-state index in [4.69, 9.17) is 15.2 Å². The van der Waals surface area contributed by atoms with Crippen LogP contribution in [0, 0.1) is 22.7 Å². The van der Waals surface area contributed by atoms with Crippen LogP contribution in [-0.2, 0) is 4.74 Å². The molecule has 144 valence electrons. The highest BCUT2D eigenvalue weighted by atomic mass is 32.2. The number of nitrogens with zero attached hydrogens (tertiary/aromatic N) is 3. The van der Waals surface area contributed by atoms with Gasteiger partial charge in [0.05, 0.1) is 24.5 Å². The molecular weight excluding hydrogens is 386 g/mol. The van der Waals surface area contributed by atoms with E-state index in [9.17, 15) is 19.3 Å². The van der Waals surface area contributed by atoms with Gasteiger partial charge in [-0.25, -0.2) is 13.8 Å². The van der Waals surface area contributed by atoms with Crippen LogP contribution < -0.4 is 10.5 Å². The maximum Gasteiger partial charge on any atom is 0.247 e. The Kier molecular flexibility index (Phi) is 6.30. The number of nitrogen functional groups attached to an aromatic ring is 1. The Morgan fingerprint density at radius 2 is 1.96 bits per heavy atom. The summed E-state index contributed by atoms with van der Waals surface area (Å²) in [6.07, 6.45) is -1.76. The molecule has 9 heteroatoms. The predicted octanol–water partition coefficient (Wildman–Crippen LogP) is 3.60. The van der Waals surface area contributed by atoms with Crippen molar-refractivity contribution in [2.45, 2.75) is 24.0 Å². The zero-order valence-corrected chi connectivity index (χ0v) is 15.5. The number of pyridine rings is 1. The summed E-state index contributed by atoms with van der Waals surface area (Å²) in [6.45, 7) is 1.19. The van der Waals surface area contributed by atoms with Crippen LogP contribution >= 0.6 is 11.8 Å². The second kappa shape index (κ2) is 8.87. The SMILES string of the molecule is N#Cc1c(N)nc(SCC(F)F)c(C#N)c1-c1ccc(O[C@@H]2CCOC2)cc1. The maximum absolute atomic E-state index is 12.6. The molecule has 2 N–H and O–H groups in total. The first-order chi connectivity index (χ1) is 13.5. The fourth-order valence-electron chi connectivity index (χ4n) is 2.83. The fourth-order valence-corrected chi connectivity index (χ4v) is 3.57. The number of nitrogens with two attached hydrogens (primary N) is 1. The highest BCUT2D eigenvalue weighted by molar-refractivity contribution is 7.99. The summed E-state index contributed by atoms with van der Waals surface area (Å²) in [4.78, 5) is 3.98. The van der Waals surface area contributed by atoms with E-state index in [1.165, 1.54) is 0 Å². The summed E-state index contributed by atoms with van der Waals surface area (Å²) in [5.41, 5.74) is 6.78. The molecule has 1 aromatic carbocycles. The van der Waals surface area contributed by atoms with E-state index in [1.54, 1.807) is 24.3 Å². The Hall–Kier alpha value is -2.88. The Morgan fingerprint density at radius 3 is 2.54 bits per heavy atom. The first-order valence-corrected chi connectivity index (χ1v) is 9.41. The summed E-state index contributed by atoms with van der Waals surface area (Å²) < 4.78 is 36.3. The number of hydrogen-bond acceptors (Lipinski definition) is 7. The molecule has 1 aromatic heterocycles. The summed E-state index contributed by atoms with van der Waals surface area (Å²) in [5, 5.41) is 19.2. The summed E-state index contributed by atoms with van der Waals surface area (Å²) in [6, 6.07) is 10.8. The molecule has 0 unspecified atom stereocenters. The van der Waals surface area contributed by atoms with Crippen molar-refractivity contribution in [3.05, 3.63) is 35.4 Å². The second-order valence-corrected chi connectivity index (χ2v) is 6.99. The number of alkyl halides is 2. The number of aromatic nitrogens is 1. The Balaban J connectivity index is 1.99. The van der Waals surface area contributed by atoms with E-state index >= 15 is 0 Å². The zero-order chi connectivity index (χ0) is 20.1. The minimum Gasteiger partial charge on any atom is -0.488 e. The van der Waals surface area contributed by atoms with Crippen LogP contribution in [0.2, 0.25) is 0 Å². The quantitative estimate of drug-likeness (QED) is 0.736. The van der Waals surface area contributed by atoms with Crippen LogP contribution in [0.4, 0.5) is 14.6 Å². The average molecular weight is 402 g/mol. The van der Waals surface area contributed by atoms with Gasteiger partial charge in [-0.1, -0.05) is 23.9 Å². The molecule has 0 saturated carbocycles. The van der Waals surface area contributed by atoms with Gasteiger partial charge in [-0.2, -0.15) is 10.5 Å². The van der Waals surface area contributed by atoms with Gasteiger partial charge in [-0.3, -0.25) is 0 Å². The molecule has 1 aliphatic rings. The molecule has 0 aliphatic carbocycles. The van der Waals surface area contributed by atoms with E-state index < -0.39 is 12.2 Å². The molecule has 0 spiro atoms. The van der Waals surface area contributed by atoms with E-state index in [0.717, 1.165) is 18.2 Å². The monoisotopic (exact) mass is 402 g/mol. The van der Waals surface area contributed by atoms with Crippen molar-refractivity contribution in [2.24, 2.45) is 0 Å². The number of anilines is 1. The van der Waals surface area contributed by atoms with Gasteiger partial charge < -0.3 is 15.2 Å². The average Bonchev–Trinajstić information content (AvgIpc) is 3.19. The van der Waals surface area contributed by atoms with E-state index in [1.807, 2.05) is 12.1 Å². The lowest BCUT2D eigenvalue weighted by Gasteiger charge is -2.15. The molecule has 3 rings (SSSR count). The number of rotatable bonds is 6. The Morgan fingerprint density at radius 1 is 1.25 bits per heavy atom. The van der Waals surface area contributed by atoms with Gasteiger partial charge in [0.25, 0.3) is 0 Å². The van der Waals surface area contributed by atoms with Crippen LogP contribution in [0.1, 0.15) is 17.5 Å². The van der Waals surface area contributed by atoms with E-state index in [2.05, 4.69) is 4.98 Å². The van der Waals surface area contributed by atoms with Crippen molar-refractivity contribution >= 4 is 17.6 Å². The topological polar surface area (TPSA) is 105 Å². The molecule has 1 aliphatic heterocycles. The molecular formula is C19H16F2N4O2S. The lowest BCUT2D eigenvalue weighted by atomic mass is 9.97. The van der Waals surface area contributed by atoms with Crippen LogP contribution in [0.15, 0.2) is 29.3 Å². The maximum atomic E-state index is 12.6. The smallest absolute Gasteiger partial charge is 0.247 e. The number of hydrogen-bond donors (Lipinski definition) is 1. The molecule has 2 aromatic rings. The van der Waals surface area contributed by atoms with Crippen molar-refractivity contribution in [3.8, 4) is 29.0 Å². The molecule has 2 heterocycles. The molecule has 1 fully saturated rings. The third-order valence-electron chi connectivity index (χ3n) is 4.10. The van der Waals surface area contributed by atoms with Gasteiger partial charge >= 0.3 is 0 Å². The minimum atomic E-state index is -2.56. The minimum absolute atomic E-state index is 0.0101. The Labute approximate surface area is 164 Å². The van der Waals surface area contributed by atoms with Crippen molar-refractivity contribution < 1.29 is 18.3 Å². The molecule has 1 atom stereocenters. The van der Waals surface area contributed by atoms with Crippen molar-refractivity contribution in [3.63, 3.8) is 0 Å².